The van der Waals surface area contributed by atoms with Gasteiger partial charge in [-0.05, 0) is 192 Å². The summed E-state index contributed by atoms with van der Waals surface area (Å²) < 4.78 is 13.7. The summed E-state index contributed by atoms with van der Waals surface area (Å²) in [6, 6.07) is 111. The summed E-state index contributed by atoms with van der Waals surface area (Å²) in [6.07, 6.45) is 0. The normalized spacial score (nSPS) is 12.0. The summed E-state index contributed by atoms with van der Waals surface area (Å²) in [4.78, 5) is 0. The molecule has 16 aromatic carbocycles. The second-order valence-electron chi connectivity index (χ2n) is 22.9. The first kappa shape index (κ1) is 48.2. The van der Waals surface area contributed by atoms with E-state index in [9.17, 15) is 0 Å². The molecule has 0 saturated heterocycles. The van der Waals surface area contributed by atoms with Crippen molar-refractivity contribution in [1.82, 2.24) is 0 Å². The number of hydrogen-bond acceptors (Lipinski definition) is 2. The van der Waals surface area contributed by atoms with Crippen LogP contribution >= 0.6 is 0 Å². The fourth-order valence-corrected chi connectivity index (χ4v) is 14.4. The molecule has 398 valence electrons. The lowest BCUT2D eigenvalue weighted by Gasteiger charge is -2.19. The lowest BCUT2D eigenvalue weighted by molar-refractivity contribution is 0.669. The lowest BCUT2D eigenvalue weighted by atomic mass is 9.83. The van der Waals surface area contributed by atoms with Gasteiger partial charge in [-0.1, -0.05) is 249 Å². The van der Waals surface area contributed by atoms with Crippen molar-refractivity contribution < 1.29 is 8.83 Å². The largest absolute Gasteiger partial charge is 0.456 e. The monoisotopic (exact) mass is 1090 g/mol. The zero-order valence-electron chi connectivity index (χ0n) is 46.7. The Morgan fingerprint density at radius 2 is 0.535 bits per heavy atom. The van der Waals surface area contributed by atoms with E-state index in [1.807, 2.05) is 0 Å². The number of fused-ring (bicyclic) bond motifs is 12. The van der Waals surface area contributed by atoms with Crippen molar-refractivity contribution in [3.63, 3.8) is 0 Å². The summed E-state index contributed by atoms with van der Waals surface area (Å²) in [5.74, 6) is 0. The van der Waals surface area contributed by atoms with Gasteiger partial charge in [0.15, 0.2) is 0 Å². The summed E-state index contributed by atoms with van der Waals surface area (Å²) in [5.41, 5.74) is 19.9. The maximum Gasteiger partial charge on any atom is 0.143 e. The Bertz CT molecular complexity index is 5710. The molecule has 0 aliphatic carbocycles. The molecule has 0 radical (unpaired) electrons. The molecule has 86 heavy (non-hydrogen) atoms. The SMILES string of the molecule is c1ccc(-c2ccc3oc4ccc(-c5c6ccccc6c(-c6cccc7c(-c8cc(-c9ccccc9)cc9c8oc8ccc(-c%10c%11ccccc%11c(-c%11ccc%12ccccc%12c%11)c%11ccccc%10%11)cc89)cccc67)c6ccccc56)cc4c3c2)cc1. The first-order valence-electron chi connectivity index (χ1n) is 29.6. The molecule has 0 fully saturated rings. The van der Waals surface area contributed by atoms with Crippen molar-refractivity contribution in [2.75, 3.05) is 0 Å². The molecule has 0 bridgehead atoms. The Kier molecular flexibility index (Phi) is 10.7. The Labute approximate surface area is 495 Å². The molecule has 0 spiro atoms. The average molecular weight is 1090 g/mol. The molecule has 0 aliphatic heterocycles. The average Bonchev–Trinajstić information content (AvgIpc) is 1.65. The zero-order chi connectivity index (χ0) is 56.4. The van der Waals surface area contributed by atoms with Crippen LogP contribution in [0.4, 0.5) is 0 Å². The van der Waals surface area contributed by atoms with Crippen LogP contribution in [-0.4, -0.2) is 0 Å². The van der Waals surface area contributed by atoms with Crippen LogP contribution in [-0.2, 0) is 0 Å². The molecule has 18 rings (SSSR count). The van der Waals surface area contributed by atoms with Gasteiger partial charge in [-0.15, -0.1) is 0 Å². The summed E-state index contributed by atoms with van der Waals surface area (Å²) in [7, 11) is 0. The maximum absolute atomic E-state index is 7.21. The van der Waals surface area contributed by atoms with Gasteiger partial charge in [0, 0.05) is 27.1 Å². The van der Waals surface area contributed by atoms with E-state index in [1.54, 1.807) is 0 Å². The molecule has 2 nitrogen and oxygen atoms in total. The van der Waals surface area contributed by atoms with Gasteiger partial charge in [0.2, 0.25) is 0 Å². The van der Waals surface area contributed by atoms with Crippen molar-refractivity contribution in [3.05, 3.63) is 303 Å². The number of furan rings is 2. The molecule has 2 heteroatoms. The van der Waals surface area contributed by atoms with E-state index >= 15 is 0 Å². The van der Waals surface area contributed by atoms with E-state index in [0.717, 1.165) is 82.6 Å². The van der Waals surface area contributed by atoms with E-state index in [2.05, 4.69) is 303 Å². The van der Waals surface area contributed by atoms with Gasteiger partial charge in [0.05, 0.1) is 0 Å². The predicted molar refractivity (Wildman–Crippen MR) is 364 cm³/mol. The van der Waals surface area contributed by atoms with Gasteiger partial charge in [-0.2, -0.15) is 0 Å². The van der Waals surface area contributed by atoms with Crippen LogP contribution < -0.4 is 0 Å². The molecule has 0 amide bonds. The van der Waals surface area contributed by atoms with Crippen LogP contribution in [0.5, 0.6) is 0 Å². The van der Waals surface area contributed by atoms with Gasteiger partial charge in [-0.3, -0.25) is 0 Å². The van der Waals surface area contributed by atoms with E-state index in [0.29, 0.717) is 0 Å². The van der Waals surface area contributed by atoms with Crippen molar-refractivity contribution in [2.45, 2.75) is 0 Å². The zero-order valence-corrected chi connectivity index (χ0v) is 46.7. The highest BCUT2D eigenvalue weighted by atomic mass is 16.3. The van der Waals surface area contributed by atoms with Crippen molar-refractivity contribution >= 4 is 109 Å². The minimum Gasteiger partial charge on any atom is -0.456 e. The summed E-state index contributed by atoms with van der Waals surface area (Å²) in [5, 5.41) is 18.9. The molecule has 0 saturated carbocycles. The fraction of sp³-hybridized carbons (Fsp3) is 0. The van der Waals surface area contributed by atoms with Gasteiger partial charge < -0.3 is 8.83 Å². The van der Waals surface area contributed by atoms with Crippen LogP contribution in [0.25, 0.3) is 186 Å². The van der Waals surface area contributed by atoms with Crippen molar-refractivity contribution in [1.29, 1.82) is 0 Å². The van der Waals surface area contributed by atoms with Gasteiger partial charge in [0.25, 0.3) is 0 Å². The topological polar surface area (TPSA) is 26.3 Å². The molecule has 0 atom stereocenters. The fourth-order valence-electron chi connectivity index (χ4n) is 14.4. The second-order valence-corrected chi connectivity index (χ2v) is 22.9. The minimum absolute atomic E-state index is 0.854. The van der Waals surface area contributed by atoms with Crippen LogP contribution in [0, 0.1) is 0 Å². The Morgan fingerprint density at radius 1 is 0.163 bits per heavy atom. The van der Waals surface area contributed by atoms with Crippen molar-refractivity contribution in [2.24, 2.45) is 0 Å². The first-order chi connectivity index (χ1) is 42.6. The molecule has 0 N–H and O–H groups in total. The molecular formula is C84H50O2. The van der Waals surface area contributed by atoms with Crippen molar-refractivity contribution in [3.8, 4) is 77.9 Å². The smallest absolute Gasteiger partial charge is 0.143 e. The van der Waals surface area contributed by atoms with Crippen LogP contribution in [0.3, 0.4) is 0 Å². The Morgan fingerprint density at radius 3 is 1.08 bits per heavy atom. The third kappa shape index (κ3) is 7.46. The molecular weight excluding hydrogens is 1040 g/mol. The van der Waals surface area contributed by atoms with E-state index < -0.39 is 0 Å². The highest BCUT2D eigenvalue weighted by molar-refractivity contribution is 6.26. The van der Waals surface area contributed by atoms with E-state index in [-0.39, 0.29) is 0 Å². The first-order valence-corrected chi connectivity index (χ1v) is 29.6. The highest BCUT2D eigenvalue weighted by Gasteiger charge is 2.24. The predicted octanol–water partition coefficient (Wildman–Crippen LogP) is 24.1. The summed E-state index contributed by atoms with van der Waals surface area (Å²) in [6.45, 7) is 0. The molecule has 18 aromatic rings. The van der Waals surface area contributed by atoms with Gasteiger partial charge in [0.1, 0.15) is 22.3 Å². The lowest BCUT2D eigenvalue weighted by Crippen LogP contribution is -1.92. The minimum atomic E-state index is 0.854. The Hall–Kier alpha value is -11.3. The summed E-state index contributed by atoms with van der Waals surface area (Å²) >= 11 is 0. The number of rotatable bonds is 7. The Balaban J connectivity index is 0.823. The third-order valence-corrected chi connectivity index (χ3v) is 18.2. The maximum atomic E-state index is 7.21. The van der Waals surface area contributed by atoms with E-state index in [1.165, 1.54) is 104 Å². The van der Waals surface area contributed by atoms with Gasteiger partial charge in [-0.25, -0.2) is 0 Å². The second kappa shape index (κ2) is 19.1. The third-order valence-electron chi connectivity index (χ3n) is 18.2. The molecule has 2 aromatic heterocycles. The van der Waals surface area contributed by atoms with Crippen LogP contribution in [0.1, 0.15) is 0 Å². The molecule has 0 aliphatic rings. The molecule has 2 heterocycles. The number of benzene rings is 16. The highest BCUT2D eigenvalue weighted by Crippen LogP contribution is 2.50. The molecule has 0 unspecified atom stereocenters. The van der Waals surface area contributed by atoms with E-state index in [4.69, 9.17) is 8.83 Å². The quantitative estimate of drug-likeness (QED) is 0.149. The van der Waals surface area contributed by atoms with Crippen LogP contribution in [0.2, 0.25) is 0 Å². The van der Waals surface area contributed by atoms with Gasteiger partial charge >= 0.3 is 0 Å². The van der Waals surface area contributed by atoms with Crippen LogP contribution in [0.15, 0.2) is 312 Å². The number of hydrogen-bond donors (Lipinski definition) is 0. The standard InChI is InChI=1S/C84H50O2/c1-3-19-51(20-4-1)55-39-42-77-72(46-55)73-47-57(40-43-78(73)85-77)82-68-29-13-15-31-70(68)83(71-32-16-14-30-69(71)82)63-36-18-33-60-61(63)34-17-35-62(60)75-49-59(52-21-5-2-6-22-52)50-76-74-48-58(41-44-79(74)86-84(75)76)81-66-27-11-9-25-64(66)80(65-26-10-12-28-67(65)81)56-38-37-53-23-7-8-24-54(53)45-56/h1-50H.